The summed E-state index contributed by atoms with van der Waals surface area (Å²) in [7, 11) is 0. The van der Waals surface area contributed by atoms with Gasteiger partial charge in [-0.2, -0.15) is 0 Å². The van der Waals surface area contributed by atoms with Crippen LogP contribution in [0.3, 0.4) is 0 Å². The lowest BCUT2D eigenvalue weighted by Crippen LogP contribution is -2.48. The van der Waals surface area contributed by atoms with Gasteiger partial charge in [0.2, 0.25) is 0 Å². The number of ether oxygens (including phenoxy) is 1. The van der Waals surface area contributed by atoms with Crippen molar-refractivity contribution < 1.29 is 9.53 Å². The number of hydrogen-bond acceptors (Lipinski definition) is 4. The molecular formula is C13H13NO2S2. The summed E-state index contributed by atoms with van der Waals surface area (Å²) in [5.41, 5.74) is 1.98. The number of carbonyl (C=O) groups is 1. The zero-order valence-corrected chi connectivity index (χ0v) is 11.6. The summed E-state index contributed by atoms with van der Waals surface area (Å²) in [6.07, 6.45) is 0.425. The van der Waals surface area contributed by atoms with Gasteiger partial charge in [-0.05, 0) is 18.6 Å². The summed E-state index contributed by atoms with van der Waals surface area (Å²) in [6, 6.07) is 8.12. The van der Waals surface area contributed by atoms with Crippen LogP contribution in [0.25, 0.3) is 0 Å². The first-order valence-corrected chi connectivity index (χ1v) is 7.20. The summed E-state index contributed by atoms with van der Waals surface area (Å²) in [4.78, 5) is 13.6. The Kier molecular flexibility index (Phi) is 2.83. The molecule has 18 heavy (non-hydrogen) atoms. The normalized spacial score (nSPS) is 27.1. The zero-order valence-electron chi connectivity index (χ0n) is 10.0. The minimum atomic E-state index is -0.273. The van der Waals surface area contributed by atoms with Crippen LogP contribution in [0.15, 0.2) is 24.3 Å². The monoisotopic (exact) mass is 279 g/mol. The topological polar surface area (TPSA) is 29.5 Å². The molecule has 1 spiro atoms. The molecule has 2 aliphatic heterocycles. The molecular weight excluding hydrogens is 266 g/mol. The number of thioether (sulfide) groups is 1. The van der Waals surface area contributed by atoms with Crippen molar-refractivity contribution in [1.82, 2.24) is 0 Å². The molecule has 3 rings (SSSR count). The van der Waals surface area contributed by atoms with E-state index >= 15 is 0 Å². The van der Waals surface area contributed by atoms with Gasteiger partial charge in [0, 0.05) is 11.4 Å². The van der Waals surface area contributed by atoms with E-state index in [1.54, 1.807) is 11.8 Å². The standard InChI is InChI=1S/C13H13NO2S2/c1-9-4-2-3-5-10(9)14-12(17)18-8-13(14)6-11(15)16-7-13/h2-5H,6-8H2,1H3. The van der Waals surface area contributed by atoms with Crippen LogP contribution in [0, 0.1) is 6.92 Å². The van der Waals surface area contributed by atoms with Gasteiger partial charge < -0.3 is 9.64 Å². The van der Waals surface area contributed by atoms with Crippen molar-refractivity contribution >= 4 is 40.0 Å². The van der Waals surface area contributed by atoms with Gasteiger partial charge in [-0.25, -0.2) is 0 Å². The van der Waals surface area contributed by atoms with Gasteiger partial charge in [0.05, 0.1) is 6.42 Å². The Morgan fingerprint density at radius 1 is 1.44 bits per heavy atom. The molecule has 2 fully saturated rings. The highest BCUT2D eigenvalue weighted by Crippen LogP contribution is 2.43. The van der Waals surface area contributed by atoms with Gasteiger partial charge in [-0.1, -0.05) is 42.2 Å². The molecule has 2 aliphatic rings. The SMILES string of the molecule is Cc1ccccc1N1C(=S)SCC12COC(=O)C2. The van der Waals surface area contributed by atoms with Crippen molar-refractivity contribution in [3.05, 3.63) is 29.8 Å². The van der Waals surface area contributed by atoms with E-state index in [4.69, 9.17) is 17.0 Å². The van der Waals surface area contributed by atoms with Crippen LogP contribution in [0.5, 0.6) is 0 Å². The molecule has 1 unspecified atom stereocenters. The number of hydrogen-bond donors (Lipinski definition) is 0. The van der Waals surface area contributed by atoms with E-state index in [1.165, 1.54) is 5.56 Å². The molecule has 0 N–H and O–H groups in total. The Morgan fingerprint density at radius 2 is 2.22 bits per heavy atom. The highest BCUT2D eigenvalue weighted by molar-refractivity contribution is 8.23. The molecule has 0 aliphatic carbocycles. The Hall–Kier alpha value is -1.07. The second kappa shape index (κ2) is 4.24. The lowest BCUT2D eigenvalue weighted by molar-refractivity contribution is -0.137. The van der Waals surface area contributed by atoms with Crippen molar-refractivity contribution in [2.45, 2.75) is 18.9 Å². The van der Waals surface area contributed by atoms with Crippen LogP contribution in [0.4, 0.5) is 5.69 Å². The second-order valence-electron chi connectivity index (χ2n) is 4.74. The molecule has 94 valence electrons. The van der Waals surface area contributed by atoms with Crippen molar-refractivity contribution in [2.75, 3.05) is 17.3 Å². The Labute approximate surface area is 115 Å². The summed E-state index contributed by atoms with van der Waals surface area (Å²) in [6.45, 7) is 2.50. The van der Waals surface area contributed by atoms with E-state index in [2.05, 4.69) is 24.0 Å². The highest BCUT2D eigenvalue weighted by atomic mass is 32.2. The maximum Gasteiger partial charge on any atom is 0.308 e. The van der Waals surface area contributed by atoms with Gasteiger partial charge in [-0.3, -0.25) is 4.79 Å². The number of rotatable bonds is 1. The molecule has 3 nitrogen and oxygen atoms in total. The number of para-hydroxylation sites is 1. The number of cyclic esters (lactones) is 1. The Morgan fingerprint density at radius 3 is 2.89 bits per heavy atom. The average molecular weight is 279 g/mol. The van der Waals surface area contributed by atoms with E-state index in [-0.39, 0.29) is 11.5 Å². The summed E-state index contributed by atoms with van der Waals surface area (Å²) in [5, 5.41) is 0. The smallest absolute Gasteiger partial charge is 0.308 e. The molecule has 0 amide bonds. The summed E-state index contributed by atoms with van der Waals surface area (Å²) in [5.74, 6) is 0.699. The third-order valence-electron chi connectivity index (χ3n) is 3.45. The first kappa shape index (κ1) is 12.0. The van der Waals surface area contributed by atoms with Crippen molar-refractivity contribution in [3.63, 3.8) is 0 Å². The number of benzene rings is 1. The number of anilines is 1. The van der Waals surface area contributed by atoms with E-state index in [0.717, 1.165) is 15.8 Å². The van der Waals surface area contributed by atoms with Gasteiger partial charge in [0.25, 0.3) is 0 Å². The lowest BCUT2D eigenvalue weighted by Gasteiger charge is -2.33. The zero-order chi connectivity index (χ0) is 12.8. The largest absolute Gasteiger partial charge is 0.463 e. The minimum Gasteiger partial charge on any atom is -0.463 e. The average Bonchev–Trinajstić information content (AvgIpc) is 2.86. The molecule has 1 aromatic carbocycles. The lowest BCUT2D eigenvalue weighted by atomic mass is 9.97. The van der Waals surface area contributed by atoms with Crippen molar-refractivity contribution in [3.8, 4) is 0 Å². The molecule has 5 heteroatoms. The molecule has 1 aromatic rings. The van der Waals surface area contributed by atoms with Gasteiger partial charge in [0.15, 0.2) is 0 Å². The third-order valence-corrected chi connectivity index (χ3v) is 5.10. The van der Waals surface area contributed by atoms with Crippen LogP contribution in [-0.4, -0.2) is 28.2 Å². The van der Waals surface area contributed by atoms with E-state index in [9.17, 15) is 4.79 Å². The van der Waals surface area contributed by atoms with Crippen molar-refractivity contribution in [2.24, 2.45) is 0 Å². The van der Waals surface area contributed by atoms with Crippen LogP contribution < -0.4 is 4.90 Å². The van der Waals surface area contributed by atoms with E-state index in [1.807, 2.05) is 12.1 Å². The van der Waals surface area contributed by atoms with Crippen LogP contribution >= 0.6 is 24.0 Å². The quantitative estimate of drug-likeness (QED) is 0.582. The third kappa shape index (κ3) is 1.73. The molecule has 2 heterocycles. The number of aryl methyl sites for hydroxylation is 1. The number of esters is 1. The van der Waals surface area contributed by atoms with Crippen LogP contribution in [0.2, 0.25) is 0 Å². The first-order valence-electron chi connectivity index (χ1n) is 5.81. The fraction of sp³-hybridized carbons (Fsp3) is 0.385. The van der Waals surface area contributed by atoms with Gasteiger partial charge in [0.1, 0.15) is 16.5 Å². The Bertz CT molecular complexity index is 527. The molecule has 0 aromatic heterocycles. The fourth-order valence-corrected chi connectivity index (χ4v) is 4.11. The number of thiocarbonyl (C=S) groups is 1. The highest BCUT2D eigenvalue weighted by Gasteiger charge is 2.51. The van der Waals surface area contributed by atoms with Crippen LogP contribution in [0.1, 0.15) is 12.0 Å². The predicted octanol–water partition coefficient (Wildman–Crippen LogP) is 2.52. The predicted molar refractivity (Wildman–Crippen MR) is 77.0 cm³/mol. The molecule has 0 radical (unpaired) electrons. The number of nitrogens with zero attached hydrogens (tertiary/aromatic N) is 1. The molecule has 1 atom stereocenters. The minimum absolute atomic E-state index is 0.126. The molecule has 2 saturated heterocycles. The molecule has 0 bridgehead atoms. The fourth-order valence-electron chi connectivity index (χ4n) is 2.51. The van der Waals surface area contributed by atoms with Crippen molar-refractivity contribution in [1.29, 1.82) is 0 Å². The molecule has 0 saturated carbocycles. The number of carbonyl (C=O) groups excluding carboxylic acids is 1. The van der Waals surface area contributed by atoms with Crippen LogP contribution in [-0.2, 0) is 9.53 Å². The van der Waals surface area contributed by atoms with Gasteiger partial charge >= 0.3 is 5.97 Å². The maximum absolute atomic E-state index is 11.5. The summed E-state index contributed by atoms with van der Waals surface area (Å²) >= 11 is 7.08. The summed E-state index contributed by atoms with van der Waals surface area (Å²) < 4.78 is 6.01. The van der Waals surface area contributed by atoms with Gasteiger partial charge in [-0.15, -0.1) is 0 Å². The first-order chi connectivity index (χ1) is 8.62. The van der Waals surface area contributed by atoms with E-state index in [0.29, 0.717) is 13.0 Å². The Balaban J connectivity index is 2.06. The van der Waals surface area contributed by atoms with E-state index < -0.39 is 0 Å². The maximum atomic E-state index is 11.5. The second-order valence-corrected chi connectivity index (χ2v) is 6.35.